The van der Waals surface area contributed by atoms with Gasteiger partial charge in [-0.25, -0.2) is 4.98 Å². The van der Waals surface area contributed by atoms with Crippen molar-refractivity contribution in [3.8, 4) is 0 Å². The lowest BCUT2D eigenvalue weighted by Crippen LogP contribution is -2.14. The number of aromatic nitrogens is 2. The average molecular weight is 154 g/mol. The van der Waals surface area contributed by atoms with E-state index < -0.39 is 0 Å². The van der Waals surface area contributed by atoms with E-state index in [1.807, 2.05) is 24.6 Å². The molecular weight excluding hydrogens is 140 g/mol. The van der Waals surface area contributed by atoms with E-state index >= 15 is 0 Å². The van der Waals surface area contributed by atoms with E-state index in [0.717, 1.165) is 12.2 Å². The van der Waals surface area contributed by atoms with Crippen LogP contribution >= 0.6 is 0 Å². The Kier molecular flexibility index (Phi) is 2.65. The summed E-state index contributed by atoms with van der Waals surface area (Å²) in [6, 6.07) is 0. The summed E-state index contributed by atoms with van der Waals surface area (Å²) in [6.45, 7) is 4.56. The summed E-state index contributed by atoms with van der Waals surface area (Å²) in [5.41, 5.74) is 0. The first-order valence-electron chi connectivity index (χ1n) is 3.89. The smallest absolute Gasteiger partial charge is 0.105 e. The Balaban J connectivity index is 2.56. The van der Waals surface area contributed by atoms with Crippen LogP contribution in [0.1, 0.15) is 19.2 Å². The summed E-state index contributed by atoms with van der Waals surface area (Å²) in [4.78, 5) is 4.06. The van der Waals surface area contributed by atoms with Gasteiger partial charge in [0.1, 0.15) is 5.82 Å². The summed E-state index contributed by atoms with van der Waals surface area (Å²) in [5, 5.41) is 9.31. The second-order valence-corrected chi connectivity index (χ2v) is 2.69. The first-order chi connectivity index (χ1) is 5.24. The molecule has 62 valence electrons. The number of imidazole rings is 1. The van der Waals surface area contributed by atoms with Crippen molar-refractivity contribution in [1.29, 1.82) is 0 Å². The molecule has 1 aromatic rings. The molecule has 11 heavy (non-hydrogen) atoms. The fraction of sp³-hybridized carbons (Fsp3) is 0.625. The zero-order valence-electron chi connectivity index (χ0n) is 6.99. The molecule has 0 aromatic carbocycles. The van der Waals surface area contributed by atoms with Crippen molar-refractivity contribution in [2.24, 2.45) is 0 Å². The average Bonchev–Trinajstić information content (AvgIpc) is 2.37. The molecule has 1 heterocycles. The zero-order valence-corrected chi connectivity index (χ0v) is 6.99. The van der Waals surface area contributed by atoms with Gasteiger partial charge in [0.2, 0.25) is 0 Å². The van der Waals surface area contributed by atoms with E-state index in [4.69, 9.17) is 0 Å². The summed E-state index contributed by atoms with van der Waals surface area (Å²) in [6.07, 6.45) is 4.17. The molecule has 1 aromatic heterocycles. The van der Waals surface area contributed by atoms with Gasteiger partial charge in [0, 0.05) is 18.9 Å². The summed E-state index contributed by atoms with van der Waals surface area (Å²) in [5.74, 6) is 0.956. The predicted octanol–water partition coefficient (Wildman–Crippen LogP) is 0.962. The third-order valence-electron chi connectivity index (χ3n) is 1.80. The molecule has 0 aliphatic carbocycles. The SMILES string of the molecule is CCC(O)Cn1ccnc1C. The first kappa shape index (κ1) is 8.27. The topological polar surface area (TPSA) is 38.0 Å². The van der Waals surface area contributed by atoms with Gasteiger partial charge in [-0.3, -0.25) is 0 Å². The minimum absolute atomic E-state index is 0.247. The van der Waals surface area contributed by atoms with Gasteiger partial charge in [-0.1, -0.05) is 6.92 Å². The van der Waals surface area contributed by atoms with Crippen LogP contribution in [0.15, 0.2) is 12.4 Å². The molecular formula is C8H14N2O. The van der Waals surface area contributed by atoms with E-state index in [-0.39, 0.29) is 6.10 Å². The van der Waals surface area contributed by atoms with Gasteiger partial charge in [-0.2, -0.15) is 0 Å². The monoisotopic (exact) mass is 154 g/mol. The van der Waals surface area contributed by atoms with Gasteiger partial charge in [0.15, 0.2) is 0 Å². The minimum atomic E-state index is -0.247. The highest BCUT2D eigenvalue weighted by Gasteiger charge is 2.02. The van der Waals surface area contributed by atoms with Gasteiger partial charge in [-0.15, -0.1) is 0 Å². The minimum Gasteiger partial charge on any atom is -0.391 e. The number of aryl methyl sites for hydroxylation is 1. The van der Waals surface area contributed by atoms with Crippen molar-refractivity contribution in [1.82, 2.24) is 9.55 Å². The Morgan fingerprint density at radius 2 is 2.45 bits per heavy atom. The molecule has 0 aliphatic heterocycles. The van der Waals surface area contributed by atoms with Crippen molar-refractivity contribution in [3.63, 3.8) is 0 Å². The van der Waals surface area contributed by atoms with E-state index in [1.165, 1.54) is 0 Å². The second kappa shape index (κ2) is 3.53. The first-order valence-corrected chi connectivity index (χ1v) is 3.89. The Morgan fingerprint density at radius 1 is 1.73 bits per heavy atom. The third kappa shape index (κ3) is 2.05. The standard InChI is InChI=1S/C8H14N2O/c1-3-8(11)6-10-5-4-9-7(10)2/h4-5,8,11H,3,6H2,1-2H3. The Hall–Kier alpha value is -0.830. The lowest BCUT2D eigenvalue weighted by molar-refractivity contribution is 0.149. The fourth-order valence-electron chi connectivity index (χ4n) is 0.953. The maximum Gasteiger partial charge on any atom is 0.105 e. The largest absolute Gasteiger partial charge is 0.391 e. The van der Waals surface area contributed by atoms with Crippen LogP contribution in [0.2, 0.25) is 0 Å². The maximum atomic E-state index is 9.31. The predicted molar refractivity (Wildman–Crippen MR) is 43.3 cm³/mol. The van der Waals surface area contributed by atoms with E-state index in [1.54, 1.807) is 6.20 Å². The lowest BCUT2D eigenvalue weighted by atomic mass is 10.3. The number of nitrogens with zero attached hydrogens (tertiary/aromatic N) is 2. The molecule has 3 heteroatoms. The van der Waals surface area contributed by atoms with Crippen LogP contribution in [0.4, 0.5) is 0 Å². The highest BCUT2D eigenvalue weighted by Crippen LogP contribution is 1.99. The van der Waals surface area contributed by atoms with E-state index in [2.05, 4.69) is 4.98 Å². The highest BCUT2D eigenvalue weighted by molar-refractivity contribution is 4.88. The Labute approximate surface area is 66.7 Å². The van der Waals surface area contributed by atoms with Crippen molar-refractivity contribution in [2.75, 3.05) is 0 Å². The van der Waals surface area contributed by atoms with Gasteiger partial charge in [0.05, 0.1) is 6.10 Å². The molecule has 1 rings (SSSR count). The normalized spacial score (nSPS) is 13.4. The summed E-state index contributed by atoms with van der Waals surface area (Å²) >= 11 is 0. The second-order valence-electron chi connectivity index (χ2n) is 2.69. The molecule has 3 nitrogen and oxygen atoms in total. The number of rotatable bonds is 3. The quantitative estimate of drug-likeness (QED) is 0.704. The molecule has 0 saturated heterocycles. The van der Waals surface area contributed by atoms with E-state index in [0.29, 0.717) is 6.54 Å². The molecule has 0 radical (unpaired) electrons. The third-order valence-corrected chi connectivity index (χ3v) is 1.80. The Morgan fingerprint density at radius 3 is 2.91 bits per heavy atom. The molecule has 0 saturated carbocycles. The molecule has 0 bridgehead atoms. The van der Waals surface area contributed by atoms with Crippen LogP contribution in [0.5, 0.6) is 0 Å². The molecule has 0 amide bonds. The molecule has 0 fully saturated rings. The lowest BCUT2D eigenvalue weighted by Gasteiger charge is -2.09. The van der Waals surface area contributed by atoms with Crippen LogP contribution in [0.3, 0.4) is 0 Å². The number of aliphatic hydroxyl groups is 1. The Bertz CT molecular complexity index is 220. The zero-order chi connectivity index (χ0) is 8.27. The van der Waals surface area contributed by atoms with Crippen LogP contribution in [-0.4, -0.2) is 20.8 Å². The molecule has 0 spiro atoms. The number of aliphatic hydroxyl groups excluding tert-OH is 1. The van der Waals surface area contributed by atoms with E-state index in [9.17, 15) is 5.11 Å². The number of hydrogen-bond donors (Lipinski definition) is 1. The summed E-state index contributed by atoms with van der Waals surface area (Å²) in [7, 11) is 0. The highest BCUT2D eigenvalue weighted by atomic mass is 16.3. The van der Waals surface area contributed by atoms with Crippen molar-refractivity contribution in [2.45, 2.75) is 32.9 Å². The molecule has 1 N–H and O–H groups in total. The fourth-order valence-corrected chi connectivity index (χ4v) is 0.953. The van der Waals surface area contributed by atoms with Gasteiger partial charge >= 0.3 is 0 Å². The van der Waals surface area contributed by atoms with Crippen molar-refractivity contribution >= 4 is 0 Å². The molecule has 0 aliphatic rings. The van der Waals surface area contributed by atoms with Crippen LogP contribution < -0.4 is 0 Å². The van der Waals surface area contributed by atoms with Gasteiger partial charge < -0.3 is 9.67 Å². The molecule has 1 unspecified atom stereocenters. The van der Waals surface area contributed by atoms with Crippen LogP contribution in [-0.2, 0) is 6.54 Å². The molecule has 1 atom stereocenters. The number of hydrogen-bond acceptors (Lipinski definition) is 2. The van der Waals surface area contributed by atoms with Crippen LogP contribution in [0.25, 0.3) is 0 Å². The summed E-state index contributed by atoms with van der Waals surface area (Å²) < 4.78 is 1.95. The van der Waals surface area contributed by atoms with Crippen molar-refractivity contribution < 1.29 is 5.11 Å². The van der Waals surface area contributed by atoms with Crippen molar-refractivity contribution in [3.05, 3.63) is 18.2 Å². The maximum absolute atomic E-state index is 9.31. The van der Waals surface area contributed by atoms with Gasteiger partial charge in [-0.05, 0) is 13.3 Å². The van der Waals surface area contributed by atoms with Crippen LogP contribution in [0, 0.1) is 6.92 Å². The van der Waals surface area contributed by atoms with Gasteiger partial charge in [0.25, 0.3) is 0 Å².